The van der Waals surface area contributed by atoms with Gasteiger partial charge in [0.1, 0.15) is 0 Å². The van der Waals surface area contributed by atoms with Crippen molar-refractivity contribution in [1.82, 2.24) is 4.98 Å². The third-order valence-corrected chi connectivity index (χ3v) is 5.13. The number of methoxy groups -OCH3 is 1. The molecule has 1 heterocycles. The highest BCUT2D eigenvalue weighted by Crippen LogP contribution is 2.29. The van der Waals surface area contributed by atoms with Crippen LogP contribution in [0.3, 0.4) is 0 Å². The van der Waals surface area contributed by atoms with Crippen LogP contribution in [-0.2, 0) is 9.53 Å². The topological polar surface area (TPSA) is 71.5 Å². The molecule has 0 spiro atoms. The fourth-order valence-electron chi connectivity index (χ4n) is 2.51. The van der Waals surface area contributed by atoms with Crippen molar-refractivity contribution in [2.75, 3.05) is 30.9 Å². The van der Waals surface area contributed by atoms with Gasteiger partial charge in [-0.25, -0.2) is 9.78 Å². The van der Waals surface area contributed by atoms with Crippen LogP contribution >= 0.6 is 22.9 Å². The molecular formula is C17H20ClN3O3S. The summed E-state index contributed by atoms with van der Waals surface area (Å²) < 4.78 is 4.66. The summed E-state index contributed by atoms with van der Waals surface area (Å²) in [4.78, 5) is 29.9. The Kier molecular flexibility index (Phi) is 6.02. The van der Waals surface area contributed by atoms with Crippen LogP contribution in [0.1, 0.15) is 26.4 Å². The molecule has 1 aromatic carbocycles. The largest absolute Gasteiger partial charge is 0.465 e. The van der Waals surface area contributed by atoms with E-state index in [9.17, 15) is 9.59 Å². The Labute approximate surface area is 155 Å². The number of anilines is 2. The Morgan fingerprint density at radius 3 is 2.44 bits per heavy atom. The summed E-state index contributed by atoms with van der Waals surface area (Å²) in [7, 11) is 2.99. The average Bonchev–Trinajstić information content (AvgIpc) is 2.92. The summed E-state index contributed by atoms with van der Waals surface area (Å²) in [6.45, 7) is 6.02. The van der Waals surface area contributed by atoms with Crippen molar-refractivity contribution in [3.8, 4) is 0 Å². The summed E-state index contributed by atoms with van der Waals surface area (Å²) >= 11 is 7.04. The molecule has 1 aromatic heterocycles. The predicted octanol–water partition coefficient (Wildman–Crippen LogP) is 3.58. The van der Waals surface area contributed by atoms with Gasteiger partial charge in [0.2, 0.25) is 5.91 Å². The van der Waals surface area contributed by atoms with Crippen LogP contribution in [0.5, 0.6) is 0 Å². The second-order valence-electron chi connectivity index (χ2n) is 5.79. The number of likely N-dealkylation sites (N-methyl/N-ethyl adjacent to an activating group) is 1. The lowest BCUT2D eigenvalue weighted by molar-refractivity contribution is -0.114. The van der Waals surface area contributed by atoms with Crippen LogP contribution in [0.4, 0.5) is 10.8 Å². The number of carbonyl (C=O) groups excluding carboxylic acids is 2. The molecule has 25 heavy (non-hydrogen) atoms. The Bertz CT molecular complexity index is 796. The molecule has 0 atom stereocenters. The molecule has 2 aromatic rings. The minimum atomic E-state index is -0.544. The summed E-state index contributed by atoms with van der Waals surface area (Å²) in [5.74, 6) is -0.721. The smallest absolute Gasteiger partial charge is 0.351 e. The first-order valence-electron chi connectivity index (χ1n) is 7.56. The van der Waals surface area contributed by atoms with Crippen LogP contribution in [0.2, 0.25) is 5.15 Å². The van der Waals surface area contributed by atoms with Crippen molar-refractivity contribution in [3.63, 3.8) is 0 Å². The van der Waals surface area contributed by atoms with E-state index < -0.39 is 5.97 Å². The number of thiazole rings is 1. The standard InChI is InChI=1S/C17H20ClN3O3S/c1-9-6-10(2)13(11(3)7-9)19-12(22)8-21(4)17-20-15(18)14(25-17)16(23)24-5/h6-7H,8H2,1-5H3,(H,19,22). The average molecular weight is 382 g/mol. The fourth-order valence-corrected chi connectivity index (χ4v) is 3.67. The van der Waals surface area contributed by atoms with E-state index in [1.807, 2.05) is 32.9 Å². The molecule has 134 valence electrons. The Morgan fingerprint density at radius 2 is 1.88 bits per heavy atom. The van der Waals surface area contributed by atoms with Crippen LogP contribution in [0.25, 0.3) is 0 Å². The maximum atomic E-state index is 12.4. The highest BCUT2D eigenvalue weighted by molar-refractivity contribution is 7.18. The number of nitrogens with zero attached hydrogens (tertiary/aromatic N) is 2. The molecule has 0 saturated carbocycles. The number of carbonyl (C=O) groups is 2. The third-order valence-electron chi connectivity index (χ3n) is 3.59. The van der Waals surface area contributed by atoms with E-state index >= 15 is 0 Å². The number of amides is 1. The zero-order chi connectivity index (χ0) is 18.7. The number of halogens is 1. The zero-order valence-corrected chi connectivity index (χ0v) is 16.3. The zero-order valence-electron chi connectivity index (χ0n) is 14.8. The first-order chi connectivity index (χ1) is 11.7. The van der Waals surface area contributed by atoms with E-state index in [-0.39, 0.29) is 22.5 Å². The molecule has 2 rings (SSSR count). The highest BCUT2D eigenvalue weighted by Gasteiger charge is 2.20. The third kappa shape index (κ3) is 4.49. The number of ether oxygens (including phenoxy) is 1. The molecule has 1 N–H and O–H groups in total. The SMILES string of the molecule is COC(=O)c1sc(N(C)CC(=O)Nc2c(C)cc(C)cc2C)nc1Cl. The number of benzene rings is 1. The van der Waals surface area contributed by atoms with E-state index in [4.69, 9.17) is 11.6 Å². The molecule has 0 unspecified atom stereocenters. The first kappa shape index (κ1) is 19.2. The minimum Gasteiger partial charge on any atom is -0.465 e. The molecule has 1 amide bonds. The molecule has 0 aliphatic rings. The van der Waals surface area contributed by atoms with Gasteiger partial charge >= 0.3 is 5.97 Å². The van der Waals surface area contributed by atoms with Gasteiger partial charge in [-0.1, -0.05) is 40.6 Å². The number of nitrogens with one attached hydrogen (secondary N) is 1. The second-order valence-corrected chi connectivity index (χ2v) is 7.12. The number of hydrogen-bond donors (Lipinski definition) is 1. The van der Waals surface area contributed by atoms with E-state index in [1.54, 1.807) is 11.9 Å². The Morgan fingerprint density at radius 1 is 1.28 bits per heavy atom. The summed E-state index contributed by atoms with van der Waals surface area (Å²) in [6, 6.07) is 4.05. The minimum absolute atomic E-state index is 0.0735. The van der Waals surface area contributed by atoms with E-state index in [0.717, 1.165) is 33.7 Å². The first-order valence-corrected chi connectivity index (χ1v) is 8.75. The van der Waals surface area contributed by atoms with Crippen LogP contribution in [0.15, 0.2) is 12.1 Å². The quantitative estimate of drug-likeness (QED) is 0.801. The molecule has 0 aliphatic heterocycles. The lowest BCUT2D eigenvalue weighted by atomic mass is 10.1. The molecule has 0 fully saturated rings. The van der Waals surface area contributed by atoms with E-state index in [2.05, 4.69) is 15.0 Å². The van der Waals surface area contributed by atoms with Crippen molar-refractivity contribution in [2.24, 2.45) is 0 Å². The van der Waals surface area contributed by atoms with Gasteiger partial charge < -0.3 is 15.0 Å². The van der Waals surface area contributed by atoms with Gasteiger partial charge in [0, 0.05) is 12.7 Å². The normalized spacial score (nSPS) is 10.5. The van der Waals surface area contributed by atoms with Crippen LogP contribution in [-0.4, -0.2) is 37.6 Å². The molecule has 0 bridgehead atoms. The lowest BCUT2D eigenvalue weighted by Gasteiger charge is -2.17. The number of aromatic nitrogens is 1. The van der Waals surface area contributed by atoms with Crippen LogP contribution in [0, 0.1) is 20.8 Å². The van der Waals surface area contributed by atoms with Gasteiger partial charge in [-0.2, -0.15) is 0 Å². The number of aryl methyl sites for hydroxylation is 3. The Hall–Kier alpha value is -2.12. The predicted molar refractivity (Wildman–Crippen MR) is 101 cm³/mol. The maximum absolute atomic E-state index is 12.4. The van der Waals surface area contributed by atoms with Crippen molar-refractivity contribution in [3.05, 3.63) is 38.9 Å². The van der Waals surface area contributed by atoms with Crippen molar-refractivity contribution in [2.45, 2.75) is 20.8 Å². The summed E-state index contributed by atoms with van der Waals surface area (Å²) in [5.41, 5.74) is 3.99. The molecule has 8 heteroatoms. The second kappa shape index (κ2) is 7.84. The van der Waals surface area contributed by atoms with E-state index in [0.29, 0.717) is 5.13 Å². The maximum Gasteiger partial charge on any atom is 0.351 e. The monoisotopic (exact) mass is 381 g/mol. The van der Waals surface area contributed by atoms with Gasteiger partial charge in [0.15, 0.2) is 15.2 Å². The highest BCUT2D eigenvalue weighted by atomic mass is 35.5. The molecule has 0 saturated heterocycles. The summed E-state index contributed by atoms with van der Waals surface area (Å²) in [5, 5.41) is 3.48. The molecule has 0 aliphatic carbocycles. The van der Waals surface area contributed by atoms with Crippen molar-refractivity contribution in [1.29, 1.82) is 0 Å². The molecular weight excluding hydrogens is 362 g/mol. The van der Waals surface area contributed by atoms with E-state index in [1.165, 1.54) is 7.11 Å². The van der Waals surface area contributed by atoms with Crippen molar-refractivity contribution >= 4 is 45.6 Å². The van der Waals surface area contributed by atoms with Gasteiger partial charge in [0.25, 0.3) is 0 Å². The van der Waals surface area contributed by atoms with Gasteiger partial charge in [-0.15, -0.1) is 0 Å². The summed E-state index contributed by atoms with van der Waals surface area (Å²) in [6.07, 6.45) is 0. The van der Waals surface area contributed by atoms with Crippen LogP contribution < -0.4 is 10.2 Å². The molecule has 6 nitrogen and oxygen atoms in total. The number of rotatable bonds is 5. The number of esters is 1. The molecule has 0 radical (unpaired) electrons. The van der Waals surface area contributed by atoms with Gasteiger partial charge in [0.05, 0.1) is 13.7 Å². The van der Waals surface area contributed by atoms with Crippen molar-refractivity contribution < 1.29 is 14.3 Å². The van der Waals surface area contributed by atoms with Gasteiger partial charge in [-0.05, 0) is 31.9 Å². The van der Waals surface area contributed by atoms with Gasteiger partial charge in [-0.3, -0.25) is 4.79 Å². The Balaban J connectivity index is 2.10. The number of hydrogen-bond acceptors (Lipinski definition) is 6. The fraction of sp³-hybridized carbons (Fsp3) is 0.353. The lowest BCUT2D eigenvalue weighted by Crippen LogP contribution is -2.30.